The van der Waals surface area contributed by atoms with Crippen molar-refractivity contribution in [3.8, 4) is 0 Å². The first-order valence-corrected chi connectivity index (χ1v) is 8.09. The van der Waals surface area contributed by atoms with Gasteiger partial charge < -0.3 is 10.1 Å². The van der Waals surface area contributed by atoms with Crippen molar-refractivity contribution in [2.45, 2.75) is 45.3 Å². The summed E-state index contributed by atoms with van der Waals surface area (Å²) >= 11 is 5.89. The van der Waals surface area contributed by atoms with Crippen LogP contribution in [0.2, 0.25) is 5.02 Å². The molecule has 1 saturated heterocycles. The molecule has 130 valence electrons. The Bertz CT molecular complexity index is 666. The van der Waals surface area contributed by atoms with Crippen LogP contribution in [0.4, 0.5) is 4.79 Å². The van der Waals surface area contributed by atoms with Gasteiger partial charge in [-0.25, -0.2) is 4.79 Å². The minimum atomic E-state index is -1.19. The van der Waals surface area contributed by atoms with Gasteiger partial charge in [0, 0.05) is 5.02 Å². The second-order valence-corrected chi connectivity index (χ2v) is 7.11. The highest BCUT2D eigenvalue weighted by atomic mass is 35.5. The van der Waals surface area contributed by atoms with Gasteiger partial charge in [-0.2, -0.15) is 0 Å². The molecular formula is C17H21ClN2O4. The monoisotopic (exact) mass is 352 g/mol. The van der Waals surface area contributed by atoms with Gasteiger partial charge >= 0.3 is 12.0 Å². The van der Waals surface area contributed by atoms with Gasteiger partial charge in [-0.3, -0.25) is 14.5 Å². The molecule has 1 atom stereocenters. The van der Waals surface area contributed by atoms with Crippen LogP contribution in [0.1, 0.15) is 39.7 Å². The maximum absolute atomic E-state index is 12.9. The summed E-state index contributed by atoms with van der Waals surface area (Å²) in [5.74, 6) is -1.10. The Morgan fingerprint density at radius 2 is 1.83 bits per heavy atom. The molecule has 2 rings (SSSR count). The van der Waals surface area contributed by atoms with Gasteiger partial charge in [-0.05, 0) is 44.9 Å². The van der Waals surface area contributed by atoms with Crippen molar-refractivity contribution < 1.29 is 19.1 Å². The summed E-state index contributed by atoms with van der Waals surface area (Å²) < 4.78 is 5.19. The molecule has 3 amide bonds. The van der Waals surface area contributed by atoms with Crippen LogP contribution in [-0.4, -0.2) is 35.0 Å². The number of esters is 1. The number of nitrogens with one attached hydrogen (secondary N) is 1. The van der Waals surface area contributed by atoms with E-state index in [1.165, 1.54) is 0 Å². The van der Waals surface area contributed by atoms with Crippen LogP contribution >= 0.6 is 11.6 Å². The minimum Gasteiger partial charge on any atom is -0.459 e. The van der Waals surface area contributed by atoms with E-state index in [-0.39, 0.29) is 0 Å². The van der Waals surface area contributed by atoms with Crippen molar-refractivity contribution >= 4 is 29.5 Å². The summed E-state index contributed by atoms with van der Waals surface area (Å²) in [6.45, 7) is 6.55. The molecule has 0 radical (unpaired) electrons. The van der Waals surface area contributed by atoms with E-state index in [0.717, 1.165) is 4.90 Å². The predicted molar refractivity (Wildman–Crippen MR) is 89.5 cm³/mol. The molecule has 0 aliphatic carbocycles. The number of halogens is 1. The molecule has 7 heteroatoms. The Hall–Kier alpha value is -2.08. The van der Waals surface area contributed by atoms with Crippen molar-refractivity contribution in [2.75, 3.05) is 6.54 Å². The lowest BCUT2D eigenvalue weighted by Gasteiger charge is -2.26. The Morgan fingerprint density at radius 1 is 1.25 bits per heavy atom. The number of hydrogen-bond acceptors (Lipinski definition) is 4. The van der Waals surface area contributed by atoms with Gasteiger partial charge in [-0.15, -0.1) is 0 Å². The summed E-state index contributed by atoms with van der Waals surface area (Å²) in [7, 11) is 0. The zero-order chi connectivity index (χ0) is 18.1. The van der Waals surface area contributed by atoms with Gasteiger partial charge in [0.1, 0.15) is 17.7 Å². The molecule has 1 heterocycles. The SMILES string of the molecule is CCC1(c2ccc(Cl)cc2)NC(=O)N(CC(=O)OC(C)(C)C)C1=O. The molecule has 1 aromatic rings. The first kappa shape index (κ1) is 18.3. The van der Waals surface area contributed by atoms with Crippen LogP contribution in [-0.2, 0) is 19.9 Å². The van der Waals surface area contributed by atoms with Gasteiger partial charge in [0.05, 0.1) is 0 Å². The number of rotatable bonds is 4. The third kappa shape index (κ3) is 3.53. The van der Waals surface area contributed by atoms with E-state index in [9.17, 15) is 14.4 Å². The van der Waals surface area contributed by atoms with Crippen LogP contribution in [0.5, 0.6) is 0 Å². The zero-order valence-corrected chi connectivity index (χ0v) is 14.9. The second-order valence-electron chi connectivity index (χ2n) is 6.67. The number of amides is 3. The third-order valence-electron chi connectivity index (χ3n) is 3.75. The standard InChI is InChI=1S/C17H21ClN2O4/c1-5-17(11-6-8-12(18)9-7-11)14(22)20(15(23)19-17)10-13(21)24-16(2,3)4/h6-9H,5,10H2,1-4H3,(H,19,23). The summed E-state index contributed by atoms with van der Waals surface area (Å²) in [4.78, 5) is 38.0. The van der Waals surface area contributed by atoms with E-state index in [0.29, 0.717) is 17.0 Å². The maximum Gasteiger partial charge on any atom is 0.326 e. The first-order chi connectivity index (χ1) is 11.1. The Balaban J connectivity index is 2.26. The molecule has 1 fully saturated rings. The van der Waals surface area contributed by atoms with Crippen LogP contribution in [0.25, 0.3) is 0 Å². The van der Waals surface area contributed by atoms with Gasteiger partial charge in [0.25, 0.3) is 5.91 Å². The van der Waals surface area contributed by atoms with E-state index >= 15 is 0 Å². The fourth-order valence-corrected chi connectivity index (χ4v) is 2.77. The van der Waals surface area contributed by atoms with Crippen LogP contribution in [0.3, 0.4) is 0 Å². The molecular weight excluding hydrogens is 332 g/mol. The number of ether oxygens (including phenoxy) is 1. The molecule has 0 bridgehead atoms. The van der Waals surface area contributed by atoms with Gasteiger partial charge in [0.15, 0.2) is 0 Å². The van der Waals surface area contributed by atoms with E-state index in [1.807, 2.05) is 0 Å². The molecule has 1 N–H and O–H groups in total. The zero-order valence-electron chi connectivity index (χ0n) is 14.2. The van der Waals surface area contributed by atoms with Crippen LogP contribution in [0, 0.1) is 0 Å². The highest BCUT2D eigenvalue weighted by Gasteiger charge is 2.51. The van der Waals surface area contributed by atoms with Crippen LogP contribution in [0.15, 0.2) is 24.3 Å². The number of imide groups is 1. The number of urea groups is 1. The van der Waals surface area contributed by atoms with Crippen molar-refractivity contribution in [1.29, 1.82) is 0 Å². The number of benzene rings is 1. The average molecular weight is 353 g/mol. The second kappa shape index (κ2) is 6.43. The van der Waals surface area contributed by atoms with E-state index in [2.05, 4.69) is 5.32 Å². The summed E-state index contributed by atoms with van der Waals surface area (Å²) in [5, 5.41) is 3.24. The highest BCUT2D eigenvalue weighted by Crippen LogP contribution is 2.33. The van der Waals surface area contributed by atoms with Crippen molar-refractivity contribution in [3.05, 3.63) is 34.9 Å². The maximum atomic E-state index is 12.9. The topological polar surface area (TPSA) is 75.7 Å². The Kier molecular flexibility index (Phi) is 4.90. The van der Waals surface area contributed by atoms with E-state index < -0.39 is 35.6 Å². The van der Waals surface area contributed by atoms with Gasteiger partial charge in [-0.1, -0.05) is 30.7 Å². The minimum absolute atomic E-state index is 0.351. The normalized spacial score (nSPS) is 21.0. The molecule has 1 unspecified atom stereocenters. The molecule has 0 saturated carbocycles. The highest BCUT2D eigenvalue weighted by molar-refractivity contribution is 6.30. The number of carbonyl (C=O) groups is 3. The van der Waals surface area contributed by atoms with Crippen molar-refractivity contribution in [2.24, 2.45) is 0 Å². The lowest BCUT2D eigenvalue weighted by molar-refractivity contribution is -0.157. The lowest BCUT2D eigenvalue weighted by atomic mass is 9.87. The fourth-order valence-electron chi connectivity index (χ4n) is 2.65. The van der Waals surface area contributed by atoms with Crippen molar-refractivity contribution in [1.82, 2.24) is 10.2 Å². The molecule has 0 spiro atoms. The summed E-state index contributed by atoms with van der Waals surface area (Å²) in [6, 6.07) is 6.10. The first-order valence-electron chi connectivity index (χ1n) is 7.71. The summed E-state index contributed by atoms with van der Waals surface area (Å²) in [5.41, 5.74) is -1.25. The van der Waals surface area contributed by atoms with Crippen molar-refractivity contribution in [3.63, 3.8) is 0 Å². The third-order valence-corrected chi connectivity index (χ3v) is 4.00. The van der Waals surface area contributed by atoms with Crippen LogP contribution < -0.4 is 5.32 Å². The smallest absolute Gasteiger partial charge is 0.326 e. The fraction of sp³-hybridized carbons (Fsp3) is 0.471. The van der Waals surface area contributed by atoms with Gasteiger partial charge in [0.2, 0.25) is 0 Å². The predicted octanol–water partition coefficient (Wildman–Crippen LogP) is 2.84. The van der Waals surface area contributed by atoms with E-state index in [4.69, 9.17) is 16.3 Å². The van der Waals surface area contributed by atoms with E-state index in [1.54, 1.807) is 52.0 Å². The Labute approximate surface area is 146 Å². The largest absolute Gasteiger partial charge is 0.459 e. The molecule has 0 aromatic heterocycles. The summed E-state index contributed by atoms with van der Waals surface area (Å²) in [6.07, 6.45) is 0.351. The lowest BCUT2D eigenvalue weighted by Crippen LogP contribution is -2.44. The molecule has 1 aromatic carbocycles. The molecule has 6 nitrogen and oxygen atoms in total. The number of carbonyl (C=O) groups excluding carboxylic acids is 3. The number of hydrogen-bond donors (Lipinski definition) is 1. The molecule has 24 heavy (non-hydrogen) atoms. The quantitative estimate of drug-likeness (QED) is 0.667. The molecule has 1 aliphatic heterocycles. The Morgan fingerprint density at radius 3 is 2.33 bits per heavy atom. The average Bonchev–Trinajstić information content (AvgIpc) is 2.71. The molecule has 1 aliphatic rings. The number of nitrogens with zero attached hydrogens (tertiary/aromatic N) is 1.